The quantitative estimate of drug-likeness (QED) is 0.578. The minimum Gasteiger partial charge on any atom is -0.507 e. The van der Waals surface area contributed by atoms with Crippen molar-refractivity contribution in [3.8, 4) is 5.75 Å². The van der Waals surface area contributed by atoms with Crippen molar-refractivity contribution in [3.63, 3.8) is 0 Å². The smallest absolute Gasteiger partial charge is 0.259 e. The molecule has 2 aromatic rings. The summed E-state index contributed by atoms with van der Waals surface area (Å²) in [5.74, 6) is -0.708. The maximum atomic E-state index is 11.9. The number of aromatic hydroxyl groups is 1. The van der Waals surface area contributed by atoms with Gasteiger partial charge in [-0.3, -0.25) is 9.59 Å². The lowest BCUT2D eigenvalue weighted by Gasteiger charge is -2.06. The van der Waals surface area contributed by atoms with Crippen LogP contribution in [0.5, 0.6) is 5.75 Å². The van der Waals surface area contributed by atoms with Gasteiger partial charge in [-0.25, -0.2) is 5.43 Å². The number of nitrogens with zero attached hydrogens (tertiary/aromatic N) is 1. The average Bonchev–Trinajstić information content (AvgIpc) is 2.55. The van der Waals surface area contributed by atoms with Crippen LogP contribution in [0, 0.1) is 6.92 Å². The van der Waals surface area contributed by atoms with E-state index in [0.717, 1.165) is 5.56 Å². The number of rotatable bonds is 5. The van der Waals surface area contributed by atoms with Crippen molar-refractivity contribution in [2.75, 3.05) is 6.54 Å². The molecular formula is C17H17N3O3. The predicted octanol–water partition coefficient (Wildman–Crippen LogP) is 1.58. The topological polar surface area (TPSA) is 90.8 Å². The van der Waals surface area contributed by atoms with Crippen LogP contribution >= 0.6 is 0 Å². The summed E-state index contributed by atoms with van der Waals surface area (Å²) in [7, 11) is 0. The molecule has 0 heterocycles. The van der Waals surface area contributed by atoms with E-state index in [1.807, 2.05) is 19.1 Å². The van der Waals surface area contributed by atoms with E-state index in [2.05, 4.69) is 15.8 Å². The third-order valence-electron chi connectivity index (χ3n) is 3.13. The molecule has 0 radical (unpaired) electrons. The zero-order valence-corrected chi connectivity index (χ0v) is 12.6. The molecule has 2 amide bonds. The minimum absolute atomic E-state index is 0.0679. The number of hydrogen-bond acceptors (Lipinski definition) is 4. The van der Waals surface area contributed by atoms with Gasteiger partial charge in [0.25, 0.3) is 11.8 Å². The van der Waals surface area contributed by atoms with E-state index in [4.69, 9.17) is 0 Å². The third kappa shape index (κ3) is 4.67. The van der Waals surface area contributed by atoms with Gasteiger partial charge in [-0.1, -0.05) is 30.3 Å². The van der Waals surface area contributed by atoms with Crippen LogP contribution in [-0.4, -0.2) is 29.7 Å². The zero-order chi connectivity index (χ0) is 16.7. The number of benzene rings is 2. The summed E-state index contributed by atoms with van der Waals surface area (Å²) in [4.78, 5) is 23.6. The summed E-state index contributed by atoms with van der Waals surface area (Å²) >= 11 is 0. The monoisotopic (exact) mass is 311 g/mol. The summed E-state index contributed by atoms with van der Waals surface area (Å²) in [6, 6.07) is 13.7. The molecule has 0 bridgehead atoms. The van der Waals surface area contributed by atoms with E-state index in [9.17, 15) is 14.7 Å². The number of carbonyl (C=O) groups is 2. The standard InChI is InChI=1S/C17H17N3O3/c1-12-6-2-4-8-14(12)17(23)18-11-16(22)20-19-10-13-7-3-5-9-15(13)21/h2-10,21H,11H2,1H3,(H,18,23)(H,20,22)/b19-10-. The average molecular weight is 311 g/mol. The minimum atomic E-state index is -0.460. The van der Waals surface area contributed by atoms with Crippen LogP contribution in [0.4, 0.5) is 0 Å². The molecule has 0 atom stereocenters. The lowest BCUT2D eigenvalue weighted by molar-refractivity contribution is -0.120. The molecule has 0 unspecified atom stereocenters. The molecule has 0 fully saturated rings. The lowest BCUT2D eigenvalue weighted by Crippen LogP contribution is -2.35. The summed E-state index contributed by atoms with van der Waals surface area (Å²) in [5.41, 5.74) is 4.13. The van der Waals surface area contributed by atoms with Gasteiger partial charge in [-0.2, -0.15) is 5.10 Å². The Labute approximate surface area is 133 Å². The van der Waals surface area contributed by atoms with E-state index >= 15 is 0 Å². The van der Waals surface area contributed by atoms with Crippen molar-refractivity contribution in [1.29, 1.82) is 0 Å². The predicted molar refractivity (Wildman–Crippen MR) is 87.4 cm³/mol. The highest BCUT2D eigenvalue weighted by atomic mass is 16.3. The number of amides is 2. The molecule has 0 aliphatic rings. The maximum absolute atomic E-state index is 11.9. The highest BCUT2D eigenvalue weighted by Gasteiger charge is 2.09. The van der Waals surface area contributed by atoms with E-state index in [0.29, 0.717) is 11.1 Å². The third-order valence-corrected chi connectivity index (χ3v) is 3.13. The molecule has 2 aromatic carbocycles. The number of hydrogen-bond donors (Lipinski definition) is 3. The number of phenolic OH excluding ortho intramolecular Hbond substituents is 1. The van der Waals surface area contributed by atoms with Gasteiger partial charge in [0.05, 0.1) is 12.8 Å². The summed E-state index contributed by atoms with van der Waals surface area (Å²) in [6.45, 7) is 1.64. The molecule has 0 aliphatic carbocycles. The Morgan fingerprint density at radius 3 is 2.57 bits per heavy atom. The Bertz CT molecular complexity index is 741. The zero-order valence-electron chi connectivity index (χ0n) is 12.6. The largest absolute Gasteiger partial charge is 0.507 e. The fourth-order valence-electron chi connectivity index (χ4n) is 1.89. The number of aryl methyl sites for hydroxylation is 1. The van der Waals surface area contributed by atoms with Gasteiger partial charge in [-0.05, 0) is 30.7 Å². The maximum Gasteiger partial charge on any atom is 0.259 e. The van der Waals surface area contributed by atoms with Crippen LogP contribution < -0.4 is 10.7 Å². The van der Waals surface area contributed by atoms with Crippen LogP contribution in [0.2, 0.25) is 0 Å². The number of hydrazone groups is 1. The Hall–Kier alpha value is -3.15. The second-order valence-corrected chi connectivity index (χ2v) is 4.85. The Balaban J connectivity index is 1.83. The molecule has 0 spiro atoms. The number of nitrogens with one attached hydrogen (secondary N) is 2. The van der Waals surface area contributed by atoms with Crippen LogP contribution in [-0.2, 0) is 4.79 Å². The first-order chi connectivity index (χ1) is 11.1. The molecule has 6 nitrogen and oxygen atoms in total. The second-order valence-electron chi connectivity index (χ2n) is 4.85. The van der Waals surface area contributed by atoms with Crippen LogP contribution in [0.1, 0.15) is 21.5 Å². The first kappa shape index (κ1) is 16.2. The molecule has 2 rings (SSSR count). The molecule has 0 saturated heterocycles. The Morgan fingerprint density at radius 2 is 1.83 bits per heavy atom. The highest BCUT2D eigenvalue weighted by Crippen LogP contribution is 2.12. The van der Waals surface area contributed by atoms with Crippen molar-refractivity contribution in [2.24, 2.45) is 5.10 Å². The van der Waals surface area contributed by atoms with Crippen molar-refractivity contribution in [2.45, 2.75) is 6.92 Å². The summed E-state index contributed by atoms with van der Waals surface area (Å²) in [6.07, 6.45) is 1.33. The SMILES string of the molecule is Cc1ccccc1C(=O)NCC(=O)N/N=C\c1ccccc1O. The Kier molecular flexibility index (Phi) is 5.46. The molecule has 118 valence electrons. The summed E-state index contributed by atoms with van der Waals surface area (Å²) in [5, 5.41) is 15.8. The van der Waals surface area contributed by atoms with Gasteiger partial charge in [0, 0.05) is 11.1 Å². The molecule has 0 aliphatic heterocycles. The van der Waals surface area contributed by atoms with Gasteiger partial charge in [-0.15, -0.1) is 0 Å². The number of phenols is 1. The summed E-state index contributed by atoms with van der Waals surface area (Å²) < 4.78 is 0. The normalized spacial score (nSPS) is 10.5. The van der Waals surface area contributed by atoms with Crippen LogP contribution in [0.15, 0.2) is 53.6 Å². The highest BCUT2D eigenvalue weighted by molar-refractivity contribution is 5.97. The van der Waals surface area contributed by atoms with E-state index < -0.39 is 5.91 Å². The van der Waals surface area contributed by atoms with Gasteiger partial charge in [0.1, 0.15) is 5.75 Å². The van der Waals surface area contributed by atoms with Crippen LogP contribution in [0.25, 0.3) is 0 Å². The van der Waals surface area contributed by atoms with E-state index in [-0.39, 0.29) is 18.2 Å². The second kappa shape index (κ2) is 7.74. The fraction of sp³-hybridized carbons (Fsp3) is 0.118. The van der Waals surface area contributed by atoms with Gasteiger partial charge < -0.3 is 10.4 Å². The van der Waals surface area contributed by atoms with Crippen molar-refractivity contribution < 1.29 is 14.7 Å². The molecule has 6 heteroatoms. The van der Waals surface area contributed by atoms with E-state index in [1.54, 1.807) is 30.3 Å². The first-order valence-corrected chi connectivity index (χ1v) is 7.01. The molecular weight excluding hydrogens is 294 g/mol. The Morgan fingerprint density at radius 1 is 1.13 bits per heavy atom. The van der Waals surface area contributed by atoms with Crippen molar-refractivity contribution in [1.82, 2.24) is 10.7 Å². The first-order valence-electron chi connectivity index (χ1n) is 7.01. The van der Waals surface area contributed by atoms with E-state index in [1.165, 1.54) is 12.3 Å². The van der Waals surface area contributed by atoms with Crippen molar-refractivity contribution >= 4 is 18.0 Å². The number of para-hydroxylation sites is 1. The van der Waals surface area contributed by atoms with Gasteiger partial charge in [0.2, 0.25) is 0 Å². The molecule has 0 aromatic heterocycles. The van der Waals surface area contributed by atoms with Crippen molar-refractivity contribution in [3.05, 3.63) is 65.2 Å². The number of carbonyl (C=O) groups excluding carboxylic acids is 2. The van der Waals surface area contributed by atoms with Gasteiger partial charge >= 0.3 is 0 Å². The fourth-order valence-corrected chi connectivity index (χ4v) is 1.89. The molecule has 23 heavy (non-hydrogen) atoms. The van der Waals surface area contributed by atoms with Crippen LogP contribution in [0.3, 0.4) is 0 Å². The molecule has 3 N–H and O–H groups in total. The van der Waals surface area contributed by atoms with Gasteiger partial charge in [0.15, 0.2) is 0 Å². The lowest BCUT2D eigenvalue weighted by atomic mass is 10.1. The molecule has 0 saturated carbocycles.